The lowest BCUT2D eigenvalue weighted by atomic mass is 10.1. The zero-order valence-corrected chi connectivity index (χ0v) is 13.1. The van der Waals surface area contributed by atoms with Crippen LogP contribution in [0.5, 0.6) is 0 Å². The molecule has 0 saturated carbocycles. The average molecular weight is 313 g/mol. The van der Waals surface area contributed by atoms with Crippen LogP contribution >= 0.6 is 0 Å². The minimum Gasteiger partial charge on any atom is -0.464 e. The van der Waals surface area contributed by atoms with Gasteiger partial charge in [-0.3, -0.25) is 9.69 Å². The maximum Gasteiger partial charge on any atom is 0.321 e. The van der Waals surface area contributed by atoms with E-state index in [4.69, 9.17) is 4.42 Å². The van der Waals surface area contributed by atoms with Crippen molar-refractivity contribution in [1.82, 2.24) is 10.6 Å². The van der Waals surface area contributed by atoms with Gasteiger partial charge in [0.2, 0.25) is 0 Å². The van der Waals surface area contributed by atoms with E-state index in [1.165, 1.54) is 0 Å². The third kappa shape index (κ3) is 3.21. The number of carbonyl (C=O) groups excluding carboxylic acids is 2. The molecule has 1 aromatic carbocycles. The van der Waals surface area contributed by atoms with E-state index in [1.807, 2.05) is 26.0 Å². The molecule has 3 amide bonds. The van der Waals surface area contributed by atoms with Crippen molar-refractivity contribution in [2.75, 3.05) is 18.0 Å². The minimum atomic E-state index is -0.208. The maximum atomic E-state index is 12.3. The second-order valence-corrected chi connectivity index (χ2v) is 5.57. The van der Waals surface area contributed by atoms with Crippen LogP contribution < -0.4 is 15.5 Å². The SMILES string of the molecule is Cc1ccc([C@@H](C)NC(=O)c2ccc(N3CCNC3=O)cc2)o1. The predicted octanol–water partition coefficient (Wildman–Crippen LogP) is 2.61. The van der Waals surface area contributed by atoms with E-state index in [0.717, 1.165) is 17.2 Å². The Hall–Kier alpha value is -2.76. The first-order valence-electron chi connectivity index (χ1n) is 7.57. The molecular formula is C17H19N3O3. The Balaban J connectivity index is 1.67. The van der Waals surface area contributed by atoms with E-state index in [-0.39, 0.29) is 18.0 Å². The summed E-state index contributed by atoms with van der Waals surface area (Å²) in [5, 5.41) is 5.65. The molecule has 2 heterocycles. The average Bonchev–Trinajstić information content (AvgIpc) is 3.16. The zero-order valence-electron chi connectivity index (χ0n) is 13.1. The van der Waals surface area contributed by atoms with E-state index in [0.29, 0.717) is 18.7 Å². The quantitative estimate of drug-likeness (QED) is 0.911. The highest BCUT2D eigenvalue weighted by Crippen LogP contribution is 2.19. The molecule has 1 atom stereocenters. The molecule has 6 nitrogen and oxygen atoms in total. The van der Waals surface area contributed by atoms with Gasteiger partial charge in [0.15, 0.2) is 0 Å². The van der Waals surface area contributed by atoms with Crippen molar-refractivity contribution in [2.24, 2.45) is 0 Å². The van der Waals surface area contributed by atoms with Gasteiger partial charge in [0.05, 0.1) is 6.04 Å². The fourth-order valence-electron chi connectivity index (χ4n) is 2.55. The molecule has 2 aromatic rings. The summed E-state index contributed by atoms with van der Waals surface area (Å²) >= 11 is 0. The Labute approximate surface area is 134 Å². The first kappa shape index (κ1) is 15.1. The third-order valence-corrected chi connectivity index (χ3v) is 3.83. The van der Waals surface area contributed by atoms with Gasteiger partial charge in [-0.25, -0.2) is 4.79 Å². The number of aryl methyl sites for hydroxylation is 1. The third-order valence-electron chi connectivity index (χ3n) is 3.83. The lowest BCUT2D eigenvalue weighted by molar-refractivity contribution is 0.0935. The number of benzene rings is 1. The lowest BCUT2D eigenvalue weighted by Gasteiger charge is -2.15. The first-order valence-corrected chi connectivity index (χ1v) is 7.57. The summed E-state index contributed by atoms with van der Waals surface area (Å²) < 4.78 is 5.51. The summed E-state index contributed by atoms with van der Waals surface area (Å²) in [4.78, 5) is 25.6. The van der Waals surface area contributed by atoms with Crippen molar-refractivity contribution in [3.05, 3.63) is 53.5 Å². The molecular weight excluding hydrogens is 294 g/mol. The van der Waals surface area contributed by atoms with Gasteiger partial charge in [0.1, 0.15) is 11.5 Å². The highest BCUT2D eigenvalue weighted by atomic mass is 16.3. The van der Waals surface area contributed by atoms with Crippen molar-refractivity contribution >= 4 is 17.6 Å². The van der Waals surface area contributed by atoms with Crippen LogP contribution in [0.3, 0.4) is 0 Å². The number of hydrogen-bond donors (Lipinski definition) is 2. The fraction of sp³-hybridized carbons (Fsp3) is 0.294. The van der Waals surface area contributed by atoms with E-state index in [9.17, 15) is 9.59 Å². The highest BCUT2D eigenvalue weighted by molar-refractivity contribution is 5.97. The van der Waals surface area contributed by atoms with Gasteiger partial charge in [-0.1, -0.05) is 0 Å². The van der Waals surface area contributed by atoms with E-state index < -0.39 is 0 Å². The topological polar surface area (TPSA) is 74.6 Å². The van der Waals surface area contributed by atoms with Gasteiger partial charge in [0.25, 0.3) is 5.91 Å². The largest absolute Gasteiger partial charge is 0.464 e. The summed E-state index contributed by atoms with van der Waals surface area (Å²) in [5.74, 6) is 1.36. The summed E-state index contributed by atoms with van der Waals surface area (Å²) in [6.45, 7) is 5.02. The number of nitrogens with one attached hydrogen (secondary N) is 2. The van der Waals surface area contributed by atoms with Gasteiger partial charge >= 0.3 is 6.03 Å². The first-order chi connectivity index (χ1) is 11.0. The van der Waals surface area contributed by atoms with Crippen molar-refractivity contribution < 1.29 is 14.0 Å². The molecule has 1 saturated heterocycles. The number of carbonyl (C=O) groups is 2. The normalized spacial score (nSPS) is 15.4. The molecule has 3 rings (SSSR count). The smallest absolute Gasteiger partial charge is 0.321 e. The number of furan rings is 1. The van der Waals surface area contributed by atoms with Gasteiger partial charge in [-0.2, -0.15) is 0 Å². The van der Waals surface area contributed by atoms with Crippen molar-refractivity contribution in [3.8, 4) is 0 Å². The Bertz CT molecular complexity index is 721. The summed E-state index contributed by atoms with van der Waals surface area (Å²) in [6.07, 6.45) is 0. The Morgan fingerprint density at radius 1 is 1.26 bits per heavy atom. The van der Waals surface area contributed by atoms with Crippen LogP contribution in [-0.2, 0) is 0 Å². The van der Waals surface area contributed by atoms with Crippen LogP contribution in [0.4, 0.5) is 10.5 Å². The summed E-state index contributed by atoms with van der Waals surface area (Å²) in [5.41, 5.74) is 1.33. The van der Waals surface area contributed by atoms with Crippen molar-refractivity contribution in [1.29, 1.82) is 0 Å². The fourth-order valence-corrected chi connectivity index (χ4v) is 2.55. The molecule has 0 aliphatic carbocycles. The number of hydrogen-bond acceptors (Lipinski definition) is 3. The summed E-state index contributed by atoms with van der Waals surface area (Å²) in [6, 6.07) is 10.4. The molecule has 1 aliphatic heterocycles. The van der Waals surface area contributed by atoms with Gasteiger partial charge in [-0.05, 0) is 50.2 Å². The van der Waals surface area contributed by atoms with Crippen LogP contribution in [0.1, 0.15) is 34.8 Å². The van der Waals surface area contributed by atoms with Crippen LogP contribution in [-0.4, -0.2) is 25.0 Å². The molecule has 1 aliphatic rings. The Kier molecular flexibility index (Phi) is 4.06. The minimum absolute atomic E-state index is 0.107. The zero-order chi connectivity index (χ0) is 16.4. The lowest BCUT2D eigenvalue weighted by Crippen LogP contribution is -2.28. The molecule has 1 aromatic heterocycles. The molecule has 120 valence electrons. The highest BCUT2D eigenvalue weighted by Gasteiger charge is 2.21. The molecule has 0 radical (unpaired) electrons. The summed E-state index contributed by atoms with van der Waals surface area (Å²) in [7, 11) is 0. The molecule has 0 bridgehead atoms. The van der Waals surface area contributed by atoms with Crippen LogP contribution in [0.25, 0.3) is 0 Å². The molecule has 1 fully saturated rings. The maximum absolute atomic E-state index is 12.3. The van der Waals surface area contributed by atoms with E-state index in [1.54, 1.807) is 29.2 Å². The second kappa shape index (κ2) is 6.16. The van der Waals surface area contributed by atoms with Gasteiger partial charge in [0, 0.05) is 24.3 Å². The van der Waals surface area contributed by atoms with Crippen molar-refractivity contribution in [2.45, 2.75) is 19.9 Å². The molecule has 0 unspecified atom stereocenters. The molecule has 2 N–H and O–H groups in total. The van der Waals surface area contributed by atoms with E-state index in [2.05, 4.69) is 10.6 Å². The molecule has 0 spiro atoms. The van der Waals surface area contributed by atoms with Crippen LogP contribution in [0.2, 0.25) is 0 Å². The van der Waals surface area contributed by atoms with Crippen LogP contribution in [0.15, 0.2) is 40.8 Å². The number of urea groups is 1. The second-order valence-electron chi connectivity index (χ2n) is 5.57. The van der Waals surface area contributed by atoms with Crippen LogP contribution in [0, 0.1) is 6.92 Å². The number of amides is 3. The molecule has 23 heavy (non-hydrogen) atoms. The van der Waals surface area contributed by atoms with Gasteiger partial charge in [-0.15, -0.1) is 0 Å². The Morgan fingerprint density at radius 3 is 2.57 bits per heavy atom. The monoisotopic (exact) mass is 313 g/mol. The Morgan fingerprint density at radius 2 is 2.00 bits per heavy atom. The van der Waals surface area contributed by atoms with Gasteiger partial charge < -0.3 is 15.1 Å². The van der Waals surface area contributed by atoms with Crippen molar-refractivity contribution in [3.63, 3.8) is 0 Å². The molecule has 6 heteroatoms. The number of anilines is 1. The standard InChI is InChI=1S/C17H19N3O3/c1-11-3-8-15(23-11)12(2)19-16(21)13-4-6-14(7-5-13)20-10-9-18-17(20)22/h3-8,12H,9-10H2,1-2H3,(H,18,22)(H,19,21)/t12-/m1/s1. The predicted molar refractivity (Wildman–Crippen MR) is 86.5 cm³/mol. The van der Waals surface area contributed by atoms with E-state index >= 15 is 0 Å². The number of rotatable bonds is 4. The number of nitrogens with zero attached hydrogens (tertiary/aromatic N) is 1.